The summed E-state index contributed by atoms with van der Waals surface area (Å²) in [6, 6.07) is 2.41. The Morgan fingerprint density at radius 1 is 1.14 bits per heavy atom. The standard InChI is InChI=1S/C13H21N/c1-9(2)12-6-5-11(8-14)7-13(12)10(3)4/h9-11H,5-7H2,1-4H3. The molecule has 0 saturated heterocycles. The summed E-state index contributed by atoms with van der Waals surface area (Å²) in [4.78, 5) is 0. The molecule has 0 aromatic heterocycles. The molecule has 0 saturated carbocycles. The van der Waals surface area contributed by atoms with Gasteiger partial charge in [-0.25, -0.2) is 0 Å². The topological polar surface area (TPSA) is 23.8 Å². The smallest absolute Gasteiger partial charge is 0.0659 e. The summed E-state index contributed by atoms with van der Waals surface area (Å²) in [7, 11) is 0. The van der Waals surface area contributed by atoms with Gasteiger partial charge in [-0.2, -0.15) is 5.26 Å². The summed E-state index contributed by atoms with van der Waals surface area (Å²) in [5.41, 5.74) is 3.17. The molecule has 0 aromatic carbocycles. The Morgan fingerprint density at radius 2 is 1.71 bits per heavy atom. The first-order chi connectivity index (χ1) is 6.56. The largest absolute Gasteiger partial charge is 0.198 e. The quantitative estimate of drug-likeness (QED) is 0.607. The van der Waals surface area contributed by atoms with Crippen LogP contribution >= 0.6 is 0 Å². The fourth-order valence-electron chi connectivity index (χ4n) is 2.37. The highest BCUT2D eigenvalue weighted by atomic mass is 14.3. The van der Waals surface area contributed by atoms with Gasteiger partial charge >= 0.3 is 0 Å². The first-order valence-corrected chi connectivity index (χ1v) is 5.67. The van der Waals surface area contributed by atoms with Crippen LogP contribution in [0, 0.1) is 29.1 Å². The third-order valence-corrected chi connectivity index (χ3v) is 3.22. The molecule has 1 nitrogen and oxygen atoms in total. The molecule has 1 unspecified atom stereocenters. The minimum Gasteiger partial charge on any atom is -0.198 e. The van der Waals surface area contributed by atoms with Gasteiger partial charge < -0.3 is 0 Å². The zero-order valence-electron chi connectivity index (χ0n) is 9.80. The molecular weight excluding hydrogens is 170 g/mol. The number of nitriles is 1. The fraction of sp³-hybridized carbons (Fsp3) is 0.769. The van der Waals surface area contributed by atoms with Crippen LogP contribution in [0.2, 0.25) is 0 Å². The number of nitrogens with zero attached hydrogens (tertiary/aromatic N) is 1. The lowest BCUT2D eigenvalue weighted by atomic mass is 9.76. The van der Waals surface area contributed by atoms with Crippen molar-refractivity contribution < 1.29 is 0 Å². The normalized spacial score (nSPS) is 23.1. The van der Waals surface area contributed by atoms with Crippen LogP contribution in [0.15, 0.2) is 11.1 Å². The molecule has 0 bridgehead atoms. The summed E-state index contributed by atoms with van der Waals surface area (Å²) in [6.07, 6.45) is 3.23. The molecule has 0 spiro atoms. The molecule has 1 aliphatic carbocycles. The van der Waals surface area contributed by atoms with Gasteiger partial charge in [0.15, 0.2) is 0 Å². The Labute approximate surface area is 87.8 Å². The van der Waals surface area contributed by atoms with Crippen LogP contribution in [0.4, 0.5) is 0 Å². The second kappa shape index (κ2) is 4.64. The van der Waals surface area contributed by atoms with E-state index in [9.17, 15) is 0 Å². The lowest BCUT2D eigenvalue weighted by Crippen LogP contribution is -2.15. The Hall–Kier alpha value is -0.770. The van der Waals surface area contributed by atoms with Gasteiger partial charge in [0.05, 0.1) is 12.0 Å². The SMILES string of the molecule is CC(C)C1=C(C(C)C)CC(C#N)CC1. The van der Waals surface area contributed by atoms with E-state index in [1.54, 1.807) is 11.1 Å². The van der Waals surface area contributed by atoms with Gasteiger partial charge in [0.25, 0.3) is 0 Å². The lowest BCUT2D eigenvalue weighted by Gasteiger charge is -2.28. The van der Waals surface area contributed by atoms with Gasteiger partial charge in [0, 0.05) is 0 Å². The molecule has 78 valence electrons. The van der Waals surface area contributed by atoms with Crippen LogP contribution < -0.4 is 0 Å². The molecular formula is C13H21N. The van der Waals surface area contributed by atoms with E-state index in [-0.39, 0.29) is 5.92 Å². The Morgan fingerprint density at radius 3 is 2.14 bits per heavy atom. The van der Waals surface area contributed by atoms with Gasteiger partial charge in [0.2, 0.25) is 0 Å². The molecule has 0 aromatic rings. The van der Waals surface area contributed by atoms with Crippen molar-refractivity contribution in [2.24, 2.45) is 17.8 Å². The molecule has 14 heavy (non-hydrogen) atoms. The maximum Gasteiger partial charge on any atom is 0.0659 e. The van der Waals surface area contributed by atoms with Crippen molar-refractivity contribution in [2.45, 2.75) is 47.0 Å². The monoisotopic (exact) mass is 191 g/mol. The first kappa shape index (κ1) is 11.3. The van der Waals surface area contributed by atoms with Gasteiger partial charge in [0.1, 0.15) is 0 Å². The molecule has 0 N–H and O–H groups in total. The molecule has 1 rings (SSSR count). The Kier molecular flexibility index (Phi) is 3.75. The van der Waals surface area contributed by atoms with Crippen LogP contribution in [0.5, 0.6) is 0 Å². The highest BCUT2D eigenvalue weighted by Gasteiger charge is 2.23. The van der Waals surface area contributed by atoms with Crippen LogP contribution in [0.3, 0.4) is 0 Å². The summed E-state index contributed by atoms with van der Waals surface area (Å²) < 4.78 is 0. The molecule has 0 amide bonds. The zero-order chi connectivity index (χ0) is 10.7. The third-order valence-electron chi connectivity index (χ3n) is 3.22. The van der Waals surface area contributed by atoms with Crippen molar-refractivity contribution in [1.29, 1.82) is 5.26 Å². The van der Waals surface area contributed by atoms with Crippen molar-refractivity contribution in [3.05, 3.63) is 11.1 Å². The number of hydrogen-bond donors (Lipinski definition) is 0. The van der Waals surface area contributed by atoms with Crippen molar-refractivity contribution in [2.75, 3.05) is 0 Å². The van der Waals surface area contributed by atoms with Crippen molar-refractivity contribution >= 4 is 0 Å². The molecule has 0 heterocycles. The molecule has 1 aliphatic rings. The van der Waals surface area contributed by atoms with Gasteiger partial charge in [-0.1, -0.05) is 38.8 Å². The Balaban J connectivity index is 2.91. The molecule has 1 atom stereocenters. The average Bonchev–Trinajstić information content (AvgIpc) is 2.16. The van der Waals surface area contributed by atoms with E-state index in [0.717, 1.165) is 19.3 Å². The second-order valence-electron chi connectivity index (χ2n) is 4.93. The Bertz CT molecular complexity index is 265. The number of allylic oxidation sites excluding steroid dienone is 2. The summed E-state index contributed by atoms with van der Waals surface area (Å²) in [5, 5.41) is 8.94. The van der Waals surface area contributed by atoms with Gasteiger partial charge in [-0.3, -0.25) is 0 Å². The van der Waals surface area contributed by atoms with Gasteiger partial charge in [-0.05, 0) is 31.1 Å². The van der Waals surface area contributed by atoms with E-state index < -0.39 is 0 Å². The van der Waals surface area contributed by atoms with Gasteiger partial charge in [-0.15, -0.1) is 0 Å². The predicted octanol–water partition coefficient (Wildman–Crippen LogP) is 3.92. The van der Waals surface area contributed by atoms with E-state index in [0.29, 0.717) is 11.8 Å². The zero-order valence-corrected chi connectivity index (χ0v) is 9.80. The van der Waals surface area contributed by atoms with Crippen molar-refractivity contribution in [3.8, 4) is 6.07 Å². The summed E-state index contributed by atoms with van der Waals surface area (Å²) in [5.74, 6) is 1.55. The summed E-state index contributed by atoms with van der Waals surface area (Å²) >= 11 is 0. The van der Waals surface area contributed by atoms with Crippen molar-refractivity contribution in [1.82, 2.24) is 0 Å². The van der Waals surface area contributed by atoms with Crippen LogP contribution in [-0.4, -0.2) is 0 Å². The highest BCUT2D eigenvalue weighted by Crippen LogP contribution is 2.36. The number of hydrogen-bond acceptors (Lipinski definition) is 1. The minimum absolute atomic E-state index is 0.273. The first-order valence-electron chi connectivity index (χ1n) is 5.67. The van der Waals surface area contributed by atoms with Crippen LogP contribution in [0.1, 0.15) is 47.0 Å². The third kappa shape index (κ3) is 2.38. The highest BCUT2D eigenvalue weighted by molar-refractivity contribution is 5.23. The van der Waals surface area contributed by atoms with Crippen LogP contribution in [-0.2, 0) is 0 Å². The average molecular weight is 191 g/mol. The molecule has 0 fully saturated rings. The number of rotatable bonds is 2. The summed E-state index contributed by atoms with van der Waals surface area (Å²) in [6.45, 7) is 9.03. The second-order valence-corrected chi connectivity index (χ2v) is 4.93. The van der Waals surface area contributed by atoms with E-state index in [1.807, 2.05) is 0 Å². The predicted molar refractivity (Wildman–Crippen MR) is 59.7 cm³/mol. The van der Waals surface area contributed by atoms with E-state index in [4.69, 9.17) is 5.26 Å². The van der Waals surface area contributed by atoms with E-state index in [1.165, 1.54) is 0 Å². The lowest BCUT2D eigenvalue weighted by molar-refractivity contribution is 0.485. The maximum absolute atomic E-state index is 8.94. The molecule has 0 aliphatic heterocycles. The van der Waals surface area contributed by atoms with E-state index in [2.05, 4.69) is 33.8 Å². The fourth-order valence-corrected chi connectivity index (χ4v) is 2.37. The maximum atomic E-state index is 8.94. The van der Waals surface area contributed by atoms with Crippen molar-refractivity contribution in [3.63, 3.8) is 0 Å². The molecule has 1 heteroatoms. The minimum atomic E-state index is 0.273. The van der Waals surface area contributed by atoms with E-state index >= 15 is 0 Å². The molecule has 0 radical (unpaired) electrons. The van der Waals surface area contributed by atoms with Crippen LogP contribution in [0.25, 0.3) is 0 Å².